The van der Waals surface area contributed by atoms with E-state index < -0.39 is 7.12 Å². The summed E-state index contributed by atoms with van der Waals surface area (Å²) in [7, 11) is -1.41. The molecule has 0 saturated carbocycles. The molecule has 1 heterocycles. The second kappa shape index (κ2) is 6.33. The summed E-state index contributed by atoms with van der Waals surface area (Å²) < 4.78 is 5.17. The van der Waals surface area contributed by atoms with Gasteiger partial charge in [0.2, 0.25) is 0 Å². The van der Waals surface area contributed by atoms with Crippen molar-refractivity contribution in [1.29, 1.82) is 0 Å². The van der Waals surface area contributed by atoms with Crippen LogP contribution in [0.1, 0.15) is 18.3 Å². The summed E-state index contributed by atoms with van der Waals surface area (Å²) in [5.74, 6) is 1.63. The average molecular weight is 280 g/mol. The Morgan fingerprint density at radius 2 is 2.22 bits per heavy atom. The molecular formula is C11H13BN2O2S2. The molecule has 18 heavy (non-hydrogen) atoms. The normalized spacial score (nSPS) is 10.6. The van der Waals surface area contributed by atoms with Crippen LogP contribution >= 0.6 is 23.3 Å². The van der Waals surface area contributed by atoms with Gasteiger partial charge in [-0.05, 0) is 22.6 Å². The molecule has 0 amide bonds. The Morgan fingerprint density at radius 1 is 1.39 bits per heavy atom. The Kier molecular flexibility index (Phi) is 4.76. The van der Waals surface area contributed by atoms with Crippen LogP contribution in [0, 0.1) is 0 Å². The number of hydrogen-bond acceptors (Lipinski definition) is 6. The third-order valence-corrected chi connectivity index (χ3v) is 4.32. The molecule has 0 bridgehead atoms. The van der Waals surface area contributed by atoms with Crippen LogP contribution in [-0.4, -0.2) is 26.5 Å². The van der Waals surface area contributed by atoms with Crippen molar-refractivity contribution in [3.63, 3.8) is 0 Å². The molecule has 2 rings (SSSR count). The van der Waals surface area contributed by atoms with Gasteiger partial charge in [-0.15, -0.1) is 0 Å². The Labute approximate surface area is 114 Å². The molecule has 0 saturated heterocycles. The lowest BCUT2D eigenvalue weighted by atomic mass is 9.80. The Balaban J connectivity index is 1.99. The molecule has 1 aromatic carbocycles. The molecular weight excluding hydrogens is 267 g/mol. The minimum absolute atomic E-state index is 0.514. The molecule has 0 aliphatic carbocycles. The summed E-state index contributed by atoms with van der Waals surface area (Å²) >= 11 is 3.02. The Bertz CT molecular complexity index is 519. The molecule has 1 aromatic heterocycles. The monoisotopic (exact) mass is 280 g/mol. The van der Waals surface area contributed by atoms with E-state index in [4.69, 9.17) is 10.0 Å². The number of rotatable bonds is 5. The van der Waals surface area contributed by atoms with Gasteiger partial charge in [-0.1, -0.05) is 43.0 Å². The van der Waals surface area contributed by atoms with E-state index in [9.17, 15) is 0 Å². The standard InChI is InChI=1S/C11H13BN2O2S2/c1-2-10-13-11(18-14-10)17-7-8-4-3-5-9(6-8)12(15)16/h3-6,15-16H,2,7H2,1H3. The molecule has 0 spiro atoms. The zero-order valence-electron chi connectivity index (χ0n) is 9.91. The summed E-state index contributed by atoms with van der Waals surface area (Å²) in [6.45, 7) is 2.03. The molecule has 0 radical (unpaired) electrons. The van der Waals surface area contributed by atoms with Crippen LogP contribution in [0.2, 0.25) is 0 Å². The fourth-order valence-corrected chi connectivity index (χ4v) is 3.07. The van der Waals surface area contributed by atoms with Gasteiger partial charge in [0, 0.05) is 12.2 Å². The minimum Gasteiger partial charge on any atom is -0.423 e. The highest BCUT2D eigenvalue weighted by Crippen LogP contribution is 2.24. The Morgan fingerprint density at radius 3 is 2.89 bits per heavy atom. The lowest BCUT2D eigenvalue weighted by Crippen LogP contribution is -2.29. The van der Waals surface area contributed by atoms with Gasteiger partial charge in [-0.2, -0.15) is 4.37 Å². The van der Waals surface area contributed by atoms with Crippen molar-refractivity contribution in [3.8, 4) is 0 Å². The molecule has 2 N–H and O–H groups in total. The van der Waals surface area contributed by atoms with Gasteiger partial charge in [0.05, 0.1) is 0 Å². The highest BCUT2D eigenvalue weighted by molar-refractivity contribution is 8.00. The number of thioether (sulfide) groups is 1. The molecule has 4 nitrogen and oxygen atoms in total. The van der Waals surface area contributed by atoms with Crippen molar-refractivity contribution in [3.05, 3.63) is 35.7 Å². The zero-order valence-corrected chi connectivity index (χ0v) is 11.5. The van der Waals surface area contributed by atoms with Gasteiger partial charge in [0.15, 0.2) is 4.34 Å². The minimum atomic E-state index is -1.41. The number of nitrogens with zero attached hydrogens (tertiary/aromatic N) is 2. The van der Waals surface area contributed by atoms with Crippen LogP contribution in [0.5, 0.6) is 0 Å². The van der Waals surface area contributed by atoms with E-state index in [1.807, 2.05) is 19.1 Å². The van der Waals surface area contributed by atoms with Crippen LogP contribution in [0.15, 0.2) is 28.6 Å². The Hall–Kier alpha value is -0.885. The fourth-order valence-electron chi connectivity index (χ4n) is 1.43. The largest absolute Gasteiger partial charge is 0.488 e. The van der Waals surface area contributed by atoms with Crippen molar-refractivity contribution in [1.82, 2.24) is 9.36 Å². The van der Waals surface area contributed by atoms with Crippen molar-refractivity contribution in [2.75, 3.05) is 0 Å². The smallest absolute Gasteiger partial charge is 0.423 e. The molecule has 2 aromatic rings. The van der Waals surface area contributed by atoms with Crippen LogP contribution in [0.4, 0.5) is 0 Å². The third kappa shape index (κ3) is 3.55. The molecule has 0 aliphatic rings. The second-order valence-corrected chi connectivity index (χ2v) is 5.71. The van der Waals surface area contributed by atoms with Crippen LogP contribution in [0.3, 0.4) is 0 Å². The van der Waals surface area contributed by atoms with E-state index in [2.05, 4.69) is 9.36 Å². The average Bonchev–Trinajstić information content (AvgIpc) is 2.84. The SMILES string of the molecule is CCc1nsc(SCc2cccc(B(O)O)c2)n1. The summed E-state index contributed by atoms with van der Waals surface area (Å²) in [6, 6.07) is 7.27. The van der Waals surface area contributed by atoms with Crippen molar-refractivity contribution in [2.24, 2.45) is 0 Å². The number of aryl methyl sites for hydroxylation is 1. The molecule has 94 valence electrons. The molecule has 0 unspecified atom stereocenters. The van der Waals surface area contributed by atoms with Gasteiger partial charge in [0.1, 0.15) is 5.82 Å². The highest BCUT2D eigenvalue weighted by atomic mass is 32.2. The van der Waals surface area contributed by atoms with Crippen LogP contribution in [-0.2, 0) is 12.2 Å². The molecule has 0 aliphatic heterocycles. The lowest BCUT2D eigenvalue weighted by molar-refractivity contribution is 0.425. The van der Waals surface area contributed by atoms with Crippen molar-refractivity contribution < 1.29 is 10.0 Å². The predicted octanol–water partition coefficient (Wildman–Crippen LogP) is 1.07. The zero-order chi connectivity index (χ0) is 13.0. The number of benzene rings is 1. The second-order valence-electron chi connectivity index (χ2n) is 3.74. The first-order valence-electron chi connectivity index (χ1n) is 5.59. The molecule has 7 heteroatoms. The summed E-state index contributed by atoms with van der Waals surface area (Å²) in [4.78, 5) is 4.37. The first kappa shape index (κ1) is 13.5. The van der Waals surface area contributed by atoms with E-state index in [1.54, 1.807) is 23.9 Å². The van der Waals surface area contributed by atoms with Crippen molar-refractivity contribution in [2.45, 2.75) is 23.4 Å². The maximum Gasteiger partial charge on any atom is 0.488 e. The van der Waals surface area contributed by atoms with Gasteiger partial charge < -0.3 is 10.0 Å². The van der Waals surface area contributed by atoms with Crippen molar-refractivity contribution >= 4 is 35.9 Å². The van der Waals surface area contributed by atoms with Gasteiger partial charge in [-0.3, -0.25) is 0 Å². The summed E-state index contributed by atoms with van der Waals surface area (Å²) in [6.07, 6.45) is 0.850. The van der Waals surface area contributed by atoms with E-state index in [-0.39, 0.29) is 0 Å². The van der Waals surface area contributed by atoms with E-state index in [0.29, 0.717) is 5.46 Å². The number of hydrogen-bond donors (Lipinski definition) is 2. The van der Waals surface area contributed by atoms with E-state index >= 15 is 0 Å². The topological polar surface area (TPSA) is 66.2 Å². The van der Waals surface area contributed by atoms with Gasteiger partial charge in [-0.25, -0.2) is 4.98 Å². The maximum absolute atomic E-state index is 9.10. The van der Waals surface area contributed by atoms with E-state index in [1.165, 1.54) is 11.5 Å². The molecule has 0 fully saturated rings. The van der Waals surface area contributed by atoms with E-state index in [0.717, 1.165) is 27.9 Å². The van der Waals surface area contributed by atoms with Crippen LogP contribution in [0.25, 0.3) is 0 Å². The highest BCUT2D eigenvalue weighted by Gasteiger charge is 2.11. The number of aromatic nitrogens is 2. The summed E-state index contributed by atoms with van der Waals surface area (Å²) in [5, 5.41) is 18.2. The fraction of sp³-hybridized carbons (Fsp3) is 0.273. The first-order chi connectivity index (χ1) is 8.69. The van der Waals surface area contributed by atoms with Gasteiger partial charge >= 0.3 is 7.12 Å². The summed E-state index contributed by atoms with van der Waals surface area (Å²) in [5.41, 5.74) is 1.55. The molecule has 0 atom stereocenters. The van der Waals surface area contributed by atoms with Gasteiger partial charge in [0.25, 0.3) is 0 Å². The third-order valence-electron chi connectivity index (χ3n) is 2.38. The maximum atomic E-state index is 9.10. The quantitative estimate of drug-likeness (QED) is 0.633. The first-order valence-corrected chi connectivity index (χ1v) is 7.35. The van der Waals surface area contributed by atoms with Crippen LogP contribution < -0.4 is 5.46 Å². The predicted molar refractivity (Wildman–Crippen MR) is 75.1 cm³/mol. The lowest BCUT2D eigenvalue weighted by Gasteiger charge is -2.03.